The first kappa shape index (κ1) is 12.7. The molecule has 0 atom stereocenters. The third-order valence-corrected chi connectivity index (χ3v) is 1.98. The lowest BCUT2D eigenvalue weighted by atomic mass is 10.0. The second-order valence-corrected chi connectivity index (χ2v) is 3.04. The van der Waals surface area contributed by atoms with Crippen LogP contribution in [0.1, 0.15) is 23.1 Å². The van der Waals surface area contributed by atoms with Gasteiger partial charge in [-0.05, 0) is 12.5 Å². The molecule has 1 aromatic heterocycles. The minimum atomic E-state index is -4.92. The van der Waals surface area contributed by atoms with Crippen LogP contribution in [-0.4, -0.2) is 12.1 Å². The van der Waals surface area contributed by atoms with E-state index in [9.17, 15) is 22.0 Å². The molecule has 0 bridgehead atoms. The smallest absolute Gasteiger partial charge is 0.422 e. The molecule has 0 N–H and O–H groups in total. The molecule has 0 unspecified atom stereocenters. The van der Waals surface area contributed by atoms with Gasteiger partial charge in [0.2, 0.25) is 5.88 Å². The Bertz CT molecular complexity index is 388. The van der Waals surface area contributed by atoms with Gasteiger partial charge < -0.3 is 4.74 Å². The highest BCUT2D eigenvalue weighted by Gasteiger charge is 2.41. The second-order valence-electron chi connectivity index (χ2n) is 3.04. The Morgan fingerprint density at radius 3 is 2.25 bits per heavy atom. The molecule has 0 aliphatic rings. The number of aromatic nitrogens is 1. The van der Waals surface area contributed by atoms with Gasteiger partial charge in [0.05, 0.1) is 7.11 Å². The first-order chi connectivity index (χ1) is 7.29. The number of rotatable bonds is 2. The maximum absolute atomic E-state index is 12.6. The van der Waals surface area contributed by atoms with E-state index in [-0.39, 0.29) is 5.56 Å². The van der Waals surface area contributed by atoms with Gasteiger partial charge in [-0.3, -0.25) is 0 Å². The predicted molar refractivity (Wildman–Crippen MR) is 45.5 cm³/mol. The molecule has 0 aliphatic carbocycles. The highest BCUT2D eigenvalue weighted by molar-refractivity contribution is 5.42. The molecule has 0 aliphatic heterocycles. The van der Waals surface area contributed by atoms with E-state index in [0.717, 1.165) is 20.2 Å². The van der Waals surface area contributed by atoms with Crippen molar-refractivity contribution in [3.63, 3.8) is 0 Å². The lowest BCUT2D eigenvalue weighted by molar-refractivity contribution is -0.141. The fraction of sp³-hybridized carbons (Fsp3) is 0.444. The van der Waals surface area contributed by atoms with Gasteiger partial charge in [-0.25, -0.2) is 13.8 Å². The average Bonchev–Trinajstić information content (AvgIpc) is 2.15. The first-order valence-corrected chi connectivity index (χ1v) is 4.17. The summed E-state index contributed by atoms with van der Waals surface area (Å²) in [5.41, 5.74) is -2.81. The fourth-order valence-corrected chi connectivity index (χ4v) is 1.31. The molecule has 1 heterocycles. The van der Waals surface area contributed by atoms with Gasteiger partial charge in [0.15, 0.2) is 0 Å². The Kier molecular flexibility index (Phi) is 3.35. The van der Waals surface area contributed by atoms with Crippen LogP contribution in [0.3, 0.4) is 0 Å². The Balaban J connectivity index is 3.56. The third kappa shape index (κ3) is 2.23. The number of halogens is 5. The summed E-state index contributed by atoms with van der Waals surface area (Å²) in [5, 5.41) is 0. The van der Waals surface area contributed by atoms with Gasteiger partial charge in [-0.15, -0.1) is 0 Å². The first-order valence-electron chi connectivity index (χ1n) is 4.17. The highest BCUT2D eigenvalue weighted by Crippen LogP contribution is 2.42. The Morgan fingerprint density at radius 1 is 1.31 bits per heavy atom. The lowest BCUT2D eigenvalue weighted by Crippen LogP contribution is -2.14. The molecular weight excluding hydrogens is 233 g/mol. The number of hydrogen-bond donors (Lipinski definition) is 0. The van der Waals surface area contributed by atoms with Crippen LogP contribution in [0.15, 0.2) is 6.20 Å². The van der Waals surface area contributed by atoms with Crippen LogP contribution in [0.4, 0.5) is 22.0 Å². The van der Waals surface area contributed by atoms with Crippen LogP contribution >= 0.6 is 0 Å². The van der Waals surface area contributed by atoms with Crippen LogP contribution in [0.2, 0.25) is 0 Å². The number of ether oxygens (including phenoxy) is 1. The van der Waals surface area contributed by atoms with Gasteiger partial charge in [0, 0.05) is 11.8 Å². The number of pyridine rings is 1. The Labute approximate surface area is 88.1 Å². The topological polar surface area (TPSA) is 22.1 Å². The van der Waals surface area contributed by atoms with E-state index in [1.807, 2.05) is 0 Å². The van der Waals surface area contributed by atoms with Crippen molar-refractivity contribution in [2.24, 2.45) is 0 Å². The normalized spacial score (nSPS) is 12.0. The quantitative estimate of drug-likeness (QED) is 0.740. The van der Waals surface area contributed by atoms with E-state index in [1.165, 1.54) is 0 Å². The minimum Gasteiger partial charge on any atom is -0.481 e. The summed E-state index contributed by atoms with van der Waals surface area (Å²) < 4.78 is 67.2. The molecule has 0 saturated heterocycles. The van der Waals surface area contributed by atoms with Crippen LogP contribution in [-0.2, 0) is 6.18 Å². The molecular formula is C9H8F5NO. The number of nitrogens with zero attached hydrogens (tertiary/aromatic N) is 1. The van der Waals surface area contributed by atoms with E-state index < -0.39 is 29.6 Å². The van der Waals surface area contributed by atoms with Crippen molar-refractivity contribution in [1.29, 1.82) is 0 Å². The van der Waals surface area contributed by atoms with Crippen molar-refractivity contribution in [2.45, 2.75) is 19.5 Å². The molecule has 0 aromatic carbocycles. The van der Waals surface area contributed by atoms with Crippen molar-refractivity contribution in [3.8, 4) is 5.88 Å². The molecule has 90 valence electrons. The van der Waals surface area contributed by atoms with Crippen molar-refractivity contribution < 1.29 is 26.7 Å². The van der Waals surface area contributed by atoms with Crippen LogP contribution in [0.5, 0.6) is 5.88 Å². The third-order valence-electron chi connectivity index (χ3n) is 1.98. The standard InChI is InChI=1S/C9H8F5NO/c1-4-3-15-8(16-2)6(9(12,13)14)5(4)7(10)11/h3,7H,1-2H3. The van der Waals surface area contributed by atoms with Crippen molar-refractivity contribution in [3.05, 3.63) is 22.9 Å². The molecule has 2 nitrogen and oxygen atoms in total. The summed E-state index contributed by atoms with van der Waals surface area (Å²) in [4.78, 5) is 3.33. The molecule has 0 radical (unpaired) electrons. The molecule has 0 fully saturated rings. The highest BCUT2D eigenvalue weighted by atomic mass is 19.4. The maximum atomic E-state index is 12.6. The molecule has 1 aromatic rings. The Hall–Kier alpha value is -1.40. The van der Waals surface area contributed by atoms with E-state index in [1.54, 1.807) is 0 Å². The van der Waals surface area contributed by atoms with Gasteiger partial charge in [-0.2, -0.15) is 13.2 Å². The van der Waals surface area contributed by atoms with E-state index in [4.69, 9.17) is 0 Å². The maximum Gasteiger partial charge on any atom is 0.422 e. The van der Waals surface area contributed by atoms with Gasteiger partial charge in [0.25, 0.3) is 6.43 Å². The lowest BCUT2D eigenvalue weighted by Gasteiger charge is -2.16. The van der Waals surface area contributed by atoms with Crippen molar-refractivity contribution in [2.75, 3.05) is 7.11 Å². The van der Waals surface area contributed by atoms with E-state index in [0.29, 0.717) is 0 Å². The summed E-state index contributed by atoms with van der Waals surface area (Å²) in [7, 11) is 0.947. The fourth-order valence-electron chi connectivity index (χ4n) is 1.31. The monoisotopic (exact) mass is 241 g/mol. The van der Waals surface area contributed by atoms with E-state index >= 15 is 0 Å². The minimum absolute atomic E-state index is 0.219. The molecule has 7 heteroatoms. The van der Waals surface area contributed by atoms with Gasteiger partial charge in [-0.1, -0.05) is 0 Å². The molecule has 16 heavy (non-hydrogen) atoms. The predicted octanol–water partition coefficient (Wildman–Crippen LogP) is 3.36. The van der Waals surface area contributed by atoms with E-state index in [2.05, 4.69) is 9.72 Å². The summed E-state index contributed by atoms with van der Waals surface area (Å²) in [6.07, 6.45) is -7.22. The summed E-state index contributed by atoms with van der Waals surface area (Å²) in [5.74, 6) is -0.839. The number of alkyl halides is 5. The molecule has 1 rings (SSSR count). The van der Waals surface area contributed by atoms with Crippen molar-refractivity contribution in [1.82, 2.24) is 4.98 Å². The zero-order valence-electron chi connectivity index (χ0n) is 8.40. The van der Waals surface area contributed by atoms with Gasteiger partial charge in [0.1, 0.15) is 5.56 Å². The van der Waals surface area contributed by atoms with Crippen LogP contribution in [0, 0.1) is 6.92 Å². The summed E-state index contributed by atoms with van der Waals surface area (Å²) in [6, 6.07) is 0. The molecule has 0 spiro atoms. The largest absolute Gasteiger partial charge is 0.481 e. The summed E-state index contributed by atoms with van der Waals surface area (Å²) >= 11 is 0. The SMILES string of the molecule is COc1ncc(C)c(C(F)F)c1C(F)(F)F. The van der Waals surface area contributed by atoms with Crippen LogP contribution in [0.25, 0.3) is 0 Å². The number of aryl methyl sites for hydroxylation is 1. The molecule has 0 amide bonds. The number of methoxy groups -OCH3 is 1. The second kappa shape index (κ2) is 4.23. The van der Waals surface area contributed by atoms with Crippen molar-refractivity contribution >= 4 is 0 Å². The van der Waals surface area contributed by atoms with Crippen LogP contribution < -0.4 is 4.74 Å². The average molecular weight is 241 g/mol. The Morgan fingerprint density at radius 2 is 1.88 bits per heavy atom. The van der Waals surface area contributed by atoms with Gasteiger partial charge >= 0.3 is 6.18 Å². The zero-order chi connectivity index (χ0) is 12.5. The molecule has 0 saturated carbocycles. The summed E-state index contributed by atoms with van der Waals surface area (Å²) in [6.45, 7) is 1.14. The number of hydrogen-bond acceptors (Lipinski definition) is 2. The zero-order valence-corrected chi connectivity index (χ0v) is 8.40.